The maximum absolute atomic E-state index is 12.3. The molecule has 0 N–H and O–H groups in total. The predicted molar refractivity (Wildman–Crippen MR) is 31.2 cm³/mol. The van der Waals surface area contributed by atoms with Crippen LogP contribution in [0.2, 0.25) is 0 Å². The van der Waals surface area contributed by atoms with Crippen LogP contribution in [0.4, 0.5) is 12.7 Å². The summed E-state index contributed by atoms with van der Waals surface area (Å²) in [7, 11) is -4.92. The smallest absolute Gasteiger partial charge is 0.205 e. The molecule has 1 saturated heterocycles. The minimum atomic E-state index is -4.92. The molecule has 0 spiro atoms. The van der Waals surface area contributed by atoms with Gasteiger partial charge >= 0.3 is 10.4 Å². The van der Waals surface area contributed by atoms with E-state index in [9.17, 15) is 21.1 Å². The SMILES string of the molecule is O=S(=O)(F)N1CCC(F)(F)C1. The molecular weight excluding hydrogens is 183 g/mol. The first-order valence-corrected chi connectivity index (χ1v) is 4.23. The molecule has 11 heavy (non-hydrogen) atoms. The fraction of sp³-hybridized carbons (Fsp3) is 1.00. The molecule has 1 rings (SSSR count). The van der Waals surface area contributed by atoms with E-state index in [1.54, 1.807) is 0 Å². The third kappa shape index (κ3) is 2.06. The summed E-state index contributed by atoms with van der Waals surface area (Å²) in [6.45, 7) is -1.47. The van der Waals surface area contributed by atoms with Crippen molar-refractivity contribution in [2.75, 3.05) is 13.1 Å². The normalized spacial score (nSPS) is 25.7. The van der Waals surface area contributed by atoms with Crippen LogP contribution in [0.15, 0.2) is 0 Å². The molecule has 1 aliphatic rings. The van der Waals surface area contributed by atoms with Crippen molar-refractivity contribution >= 4 is 10.4 Å². The summed E-state index contributed by atoms with van der Waals surface area (Å²) in [6, 6.07) is 0. The van der Waals surface area contributed by atoms with Gasteiger partial charge in [-0.3, -0.25) is 0 Å². The van der Waals surface area contributed by atoms with Crippen LogP contribution in [0.1, 0.15) is 6.42 Å². The van der Waals surface area contributed by atoms with Gasteiger partial charge in [0.05, 0.1) is 6.54 Å². The van der Waals surface area contributed by atoms with Crippen molar-refractivity contribution in [3.05, 3.63) is 0 Å². The molecule has 0 aliphatic carbocycles. The van der Waals surface area contributed by atoms with Crippen molar-refractivity contribution < 1.29 is 21.1 Å². The van der Waals surface area contributed by atoms with Gasteiger partial charge in [-0.25, -0.2) is 8.78 Å². The van der Waals surface area contributed by atoms with E-state index in [0.717, 1.165) is 0 Å². The fourth-order valence-corrected chi connectivity index (χ4v) is 1.54. The number of hydrogen-bond acceptors (Lipinski definition) is 2. The second kappa shape index (κ2) is 2.34. The number of rotatable bonds is 1. The van der Waals surface area contributed by atoms with E-state index in [1.165, 1.54) is 0 Å². The van der Waals surface area contributed by atoms with E-state index in [4.69, 9.17) is 0 Å². The molecule has 0 amide bonds. The maximum Gasteiger partial charge on any atom is 0.374 e. The summed E-state index contributed by atoms with van der Waals surface area (Å²) in [5.74, 6) is -3.07. The predicted octanol–water partition coefficient (Wildman–Crippen LogP) is 0.542. The Labute approximate surface area is 62.1 Å². The number of halogens is 3. The second-order valence-corrected chi connectivity index (χ2v) is 3.72. The Bertz CT molecular complexity index is 250. The zero-order valence-corrected chi connectivity index (χ0v) is 6.24. The molecule has 0 aromatic heterocycles. The minimum Gasteiger partial charge on any atom is -0.205 e. The van der Waals surface area contributed by atoms with E-state index in [1.807, 2.05) is 0 Å². The van der Waals surface area contributed by atoms with Crippen LogP contribution in [0, 0.1) is 0 Å². The highest BCUT2D eigenvalue weighted by Crippen LogP contribution is 2.28. The van der Waals surface area contributed by atoms with Crippen LogP contribution in [0.25, 0.3) is 0 Å². The van der Waals surface area contributed by atoms with Crippen molar-refractivity contribution in [2.24, 2.45) is 0 Å². The highest BCUT2D eigenvalue weighted by molar-refractivity contribution is 7.83. The molecule has 0 aromatic carbocycles. The number of nitrogens with zero attached hydrogens (tertiary/aromatic N) is 1. The molecule has 0 atom stereocenters. The van der Waals surface area contributed by atoms with Gasteiger partial charge in [-0.2, -0.15) is 12.7 Å². The first kappa shape index (κ1) is 8.79. The lowest BCUT2D eigenvalue weighted by molar-refractivity contribution is 0.0180. The summed E-state index contributed by atoms with van der Waals surface area (Å²) < 4.78 is 56.7. The molecule has 3 nitrogen and oxygen atoms in total. The van der Waals surface area contributed by atoms with Gasteiger partial charge < -0.3 is 0 Å². The van der Waals surface area contributed by atoms with Gasteiger partial charge in [-0.05, 0) is 0 Å². The molecule has 7 heteroatoms. The van der Waals surface area contributed by atoms with Gasteiger partial charge in [-0.1, -0.05) is 3.89 Å². The molecule has 0 saturated carbocycles. The first-order valence-electron chi connectivity index (χ1n) is 2.89. The molecule has 66 valence electrons. The average molecular weight is 189 g/mol. The third-order valence-electron chi connectivity index (χ3n) is 1.44. The van der Waals surface area contributed by atoms with Gasteiger partial charge in [0.15, 0.2) is 0 Å². The van der Waals surface area contributed by atoms with E-state index >= 15 is 0 Å². The second-order valence-electron chi connectivity index (χ2n) is 2.38. The summed E-state index contributed by atoms with van der Waals surface area (Å²) in [5.41, 5.74) is 0. The third-order valence-corrected chi connectivity index (χ3v) is 2.37. The van der Waals surface area contributed by atoms with E-state index in [0.29, 0.717) is 0 Å². The quantitative estimate of drug-likeness (QED) is 0.564. The molecule has 0 bridgehead atoms. The van der Waals surface area contributed by atoms with E-state index < -0.39 is 35.8 Å². The fourth-order valence-electron chi connectivity index (χ4n) is 0.891. The highest BCUT2D eigenvalue weighted by atomic mass is 32.3. The molecule has 1 heterocycles. The summed E-state index contributed by atoms with van der Waals surface area (Å²) in [5, 5.41) is 0. The lowest BCUT2D eigenvalue weighted by Crippen LogP contribution is -2.28. The number of hydrogen-bond donors (Lipinski definition) is 0. The Morgan fingerprint density at radius 2 is 1.91 bits per heavy atom. The molecule has 1 aliphatic heterocycles. The Balaban J connectivity index is 2.71. The largest absolute Gasteiger partial charge is 0.374 e. The van der Waals surface area contributed by atoms with E-state index in [-0.39, 0.29) is 4.31 Å². The Morgan fingerprint density at radius 3 is 2.09 bits per heavy atom. The van der Waals surface area contributed by atoms with Crippen LogP contribution in [0.3, 0.4) is 0 Å². The topological polar surface area (TPSA) is 37.4 Å². The standard InChI is InChI=1S/C4H6F3NO2S/c5-4(6)1-2-8(3-4)11(7,9)10/h1-3H2. The first-order chi connectivity index (χ1) is 4.81. The van der Waals surface area contributed by atoms with Gasteiger partial charge in [0.1, 0.15) is 0 Å². The van der Waals surface area contributed by atoms with Gasteiger partial charge in [0.2, 0.25) is 0 Å². The number of alkyl halides is 2. The minimum absolute atomic E-state index is 0.132. The van der Waals surface area contributed by atoms with Gasteiger partial charge in [-0.15, -0.1) is 0 Å². The van der Waals surface area contributed by atoms with E-state index in [2.05, 4.69) is 0 Å². The zero-order chi connectivity index (χ0) is 8.70. The van der Waals surface area contributed by atoms with Crippen LogP contribution in [-0.4, -0.2) is 31.7 Å². The monoisotopic (exact) mass is 189 g/mol. The van der Waals surface area contributed by atoms with Crippen molar-refractivity contribution in [1.29, 1.82) is 0 Å². The highest BCUT2D eigenvalue weighted by Gasteiger charge is 2.43. The molecule has 1 fully saturated rings. The molecular formula is C4H6F3NO2S. The van der Waals surface area contributed by atoms with Crippen molar-refractivity contribution in [3.63, 3.8) is 0 Å². The summed E-state index contributed by atoms with van der Waals surface area (Å²) >= 11 is 0. The average Bonchev–Trinajstić information content (AvgIpc) is 2.07. The van der Waals surface area contributed by atoms with Gasteiger partial charge in [0, 0.05) is 13.0 Å². The Morgan fingerprint density at radius 1 is 1.36 bits per heavy atom. The summed E-state index contributed by atoms with van der Waals surface area (Å²) in [6.07, 6.45) is -0.601. The Kier molecular flexibility index (Phi) is 1.87. The summed E-state index contributed by atoms with van der Waals surface area (Å²) in [4.78, 5) is 0. The van der Waals surface area contributed by atoms with Gasteiger partial charge in [0.25, 0.3) is 5.92 Å². The maximum atomic E-state index is 12.3. The van der Waals surface area contributed by atoms with Crippen LogP contribution in [-0.2, 0) is 10.4 Å². The van der Waals surface area contributed by atoms with Crippen molar-refractivity contribution in [3.8, 4) is 0 Å². The lowest BCUT2D eigenvalue weighted by atomic mass is 10.3. The van der Waals surface area contributed by atoms with Crippen molar-refractivity contribution in [1.82, 2.24) is 4.31 Å². The van der Waals surface area contributed by atoms with Crippen LogP contribution < -0.4 is 0 Å². The lowest BCUT2D eigenvalue weighted by Gasteiger charge is -2.08. The van der Waals surface area contributed by atoms with Crippen LogP contribution in [0.5, 0.6) is 0 Å². The zero-order valence-electron chi connectivity index (χ0n) is 5.43. The molecule has 0 radical (unpaired) electrons. The molecule has 0 unspecified atom stereocenters. The van der Waals surface area contributed by atoms with Crippen molar-refractivity contribution in [2.45, 2.75) is 12.3 Å². The molecule has 0 aromatic rings. The Hall–Kier alpha value is -0.300. The van der Waals surface area contributed by atoms with Crippen LogP contribution >= 0.6 is 0 Å².